The van der Waals surface area contributed by atoms with Gasteiger partial charge in [0.25, 0.3) is 11.6 Å². The molecular formula is C24H23N3O7S. The number of nitro groups is 1. The molecule has 1 unspecified atom stereocenters. The average molecular weight is 498 g/mol. The van der Waals surface area contributed by atoms with Crippen LogP contribution < -0.4 is 14.8 Å². The van der Waals surface area contributed by atoms with Crippen LogP contribution in [0.1, 0.15) is 19.4 Å². The van der Waals surface area contributed by atoms with E-state index in [4.69, 9.17) is 14.2 Å². The van der Waals surface area contributed by atoms with Gasteiger partial charge in [0, 0.05) is 29.2 Å². The molecule has 0 spiro atoms. The molecule has 0 bridgehead atoms. The molecule has 0 saturated carbocycles. The van der Waals surface area contributed by atoms with Crippen molar-refractivity contribution in [3.63, 3.8) is 0 Å². The third kappa shape index (κ3) is 6.87. The van der Waals surface area contributed by atoms with Crippen LogP contribution in [0.15, 0.2) is 53.9 Å². The summed E-state index contributed by atoms with van der Waals surface area (Å²) in [6, 6.07) is 11.2. The highest BCUT2D eigenvalue weighted by Gasteiger charge is 2.19. The van der Waals surface area contributed by atoms with E-state index in [0.29, 0.717) is 34.9 Å². The number of ether oxygens (including phenoxy) is 3. The Morgan fingerprint density at radius 2 is 2.03 bits per heavy atom. The predicted octanol–water partition coefficient (Wildman–Crippen LogP) is 4.71. The summed E-state index contributed by atoms with van der Waals surface area (Å²) in [6.45, 7) is 3.80. The van der Waals surface area contributed by atoms with Crippen molar-refractivity contribution in [2.24, 2.45) is 0 Å². The normalized spacial score (nSPS) is 11.6. The minimum absolute atomic E-state index is 0.0571. The van der Waals surface area contributed by atoms with Gasteiger partial charge in [-0.1, -0.05) is 18.2 Å². The molecule has 10 nitrogen and oxygen atoms in total. The first kappa shape index (κ1) is 25.4. The first-order valence-corrected chi connectivity index (χ1v) is 11.4. The van der Waals surface area contributed by atoms with E-state index in [-0.39, 0.29) is 10.8 Å². The van der Waals surface area contributed by atoms with Gasteiger partial charge in [-0.25, -0.2) is 9.78 Å². The molecule has 1 atom stereocenters. The molecule has 0 saturated heterocycles. The Morgan fingerprint density at radius 1 is 1.23 bits per heavy atom. The number of rotatable bonds is 10. The van der Waals surface area contributed by atoms with Crippen molar-refractivity contribution >= 4 is 40.1 Å². The zero-order valence-electron chi connectivity index (χ0n) is 19.2. The van der Waals surface area contributed by atoms with Gasteiger partial charge in [-0.15, -0.1) is 11.3 Å². The van der Waals surface area contributed by atoms with E-state index in [1.807, 2.05) is 6.92 Å². The molecule has 0 aliphatic rings. The second kappa shape index (κ2) is 11.7. The Kier molecular flexibility index (Phi) is 8.52. The topological polar surface area (TPSA) is 130 Å². The number of carbonyl (C=O) groups is 2. The molecule has 11 heteroatoms. The molecular weight excluding hydrogens is 474 g/mol. The van der Waals surface area contributed by atoms with Crippen molar-refractivity contribution in [1.82, 2.24) is 4.98 Å². The summed E-state index contributed by atoms with van der Waals surface area (Å²) in [5.41, 5.74) is 1.66. The molecule has 0 aliphatic heterocycles. The monoisotopic (exact) mass is 497 g/mol. The number of aromatic nitrogens is 1. The van der Waals surface area contributed by atoms with Crippen LogP contribution in [0.4, 0.5) is 10.8 Å². The molecule has 0 fully saturated rings. The lowest BCUT2D eigenvalue weighted by molar-refractivity contribution is -0.384. The second-order valence-corrected chi connectivity index (χ2v) is 7.95. The molecule has 3 aromatic rings. The SMILES string of the molecule is CCOc1ccc(C=CC(=O)OC(C)C(=O)Nc2nc(-c3cccc([N+](=O)[O-])c3)cs2)cc1OC. The average Bonchev–Trinajstić information content (AvgIpc) is 3.32. The fourth-order valence-electron chi connectivity index (χ4n) is 2.94. The third-order valence-corrected chi connectivity index (χ3v) is 5.41. The highest BCUT2D eigenvalue weighted by atomic mass is 32.1. The first-order chi connectivity index (χ1) is 16.8. The summed E-state index contributed by atoms with van der Waals surface area (Å²) in [6.07, 6.45) is 1.67. The first-order valence-electron chi connectivity index (χ1n) is 10.5. The van der Waals surface area contributed by atoms with E-state index in [2.05, 4.69) is 10.3 Å². The van der Waals surface area contributed by atoms with Gasteiger partial charge >= 0.3 is 5.97 Å². The van der Waals surface area contributed by atoms with Crippen molar-refractivity contribution < 1.29 is 28.7 Å². The van der Waals surface area contributed by atoms with Crippen molar-refractivity contribution in [2.75, 3.05) is 19.0 Å². The van der Waals surface area contributed by atoms with Gasteiger partial charge in [0.2, 0.25) is 0 Å². The number of thiazole rings is 1. The number of nitrogens with one attached hydrogen (secondary N) is 1. The van der Waals surface area contributed by atoms with Crippen molar-refractivity contribution in [1.29, 1.82) is 0 Å². The van der Waals surface area contributed by atoms with Crippen molar-refractivity contribution in [3.05, 3.63) is 69.6 Å². The molecule has 35 heavy (non-hydrogen) atoms. The van der Waals surface area contributed by atoms with Crippen LogP contribution in [0.2, 0.25) is 0 Å². The number of hydrogen-bond acceptors (Lipinski definition) is 9. The van der Waals surface area contributed by atoms with Crippen LogP contribution in [0, 0.1) is 10.1 Å². The van der Waals surface area contributed by atoms with Crippen molar-refractivity contribution in [2.45, 2.75) is 20.0 Å². The number of benzene rings is 2. The molecule has 2 aromatic carbocycles. The lowest BCUT2D eigenvalue weighted by Crippen LogP contribution is -2.29. The van der Waals surface area contributed by atoms with Gasteiger partial charge in [-0.3, -0.25) is 20.2 Å². The lowest BCUT2D eigenvalue weighted by atomic mass is 10.1. The van der Waals surface area contributed by atoms with E-state index < -0.39 is 22.9 Å². The van der Waals surface area contributed by atoms with E-state index in [0.717, 1.165) is 11.3 Å². The molecule has 182 valence electrons. The van der Waals surface area contributed by atoms with Crippen LogP contribution in [-0.2, 0) is 14.3 Å². The van der Waals surface area contributed by atoms with E-state index in [9.17, 15) is 19.7 Å². The summed E-state index contributed by atoms with van der Waals surface area (Å²) in [5.74, 6) is -0.134. The Balaban J connectivity index is 1.57. The van der Waals surface area contributed by atoms with Crippen LogP contribution in [0.5, 0.6) is 11.5 Å². The summed E-state index contributed by atoms with van der Waals surface area (Å²) in [5, 5.41) is 15.5. The maximum Gasteiger partial charge on any atom is 0.331 e. The summed E-state index contributed by atoms with van der Waals surface area (Å²) in [4.78, 5) is 39.4. The number of methoxy groups -OCH3 is 1. The molecule has 0 aliphatic carbocycles. The lowest BCUT2D eigenvalue weighted by Gasteiger charge is -2.11. The highest BCUT2D eigenvalue weighted by molar-refractivity contribution is 7.14. The zero-order valence-corrected chi connectivity index (χ0v) is 20.0. The van der Waals surface area contributed by atoms with E-state index >= 15 is 0 Å². The van der Waals surface area contributed by atoms with Gasteiger partial charge in [0.1, 0.15) is 0 Å². The molecule has 3 rings (SSSR count). The highest BCUT2D eigenvalue weighted by Crippen LogP contribution is 2.29. The summed E-state index contributed by atoms with van der Waals surface area (Å²) < 4.78 is 15.9. The summed E-state index contributed by atoms with van der Waals surface area (Å²) >= 11 is 1.15. The number of hydrogen-bond donors (Lipinski definition) is 1. The van der Waals surface area contributed by atoms with Gasteiger partial charge in [-0.05, 0) is 37.6 Å². The van der Waals surface area contributed by atoms with Gasteiger partial charge in [-0.2, -0.15) is 0 Å². The standard InChI is InChI=1S/C24H23N3O7S/c1-4-33-20-10-8-16(12-21(20)32-3)9-11-22(28)34-15(2)23(29)26-24-25-19(14-35-24)17-6-5-7-18(13-17)27(30)31/h5-15H,4H2,1-3H3,(H,25,26,29). The van der Waals surface area contributed by atoms with Gasteiger partial charge < -0.3 is 14.2 Å². The Morgan fingerprint density at radius 3 is 2.74 bits per heavy atom. The number of nitro benzene ring substituents is 1. The minimum atomic E-state index is -1.08. The van der Waals surface area contributed by atoms with Gasteiger partial charge in [0.15, 0.2) is 22.7 Å². The maximum atomic E-state index is 12.4. The van der Waals surface area contributed by atoms with Crippen LogP contribution in [-0.4, -0.2) is 41.6 Å². The molecule has 1 heterocycles. The van der Waals surface area contributed by atoms with Crippen molar-refractivity contribution in [3.8, 4) is 22.8 Å². The third-order valence-electron chi connectivity index (χ3n) is 4.65. The fraction of sp³-hybridized carbons (Fsp3) is 0.208. The molecule has 1 amide bonds. The predicted molar refractivity (Wildman–Crippen MR) is 132 cm³/mol. The van der Waals surface area contributed by atoms with Crippen LogP contribution in [0.3, 0.4) is 0 Å². The summed E-state index contributed by atoms with van der Waals surface area (Å²) in [7, 11) is 1.52. The molecule has 1 aromatic heterocycles. The van der Waals surface area contributed by atoms with E-state index in [1.54, 1.807) is 35.7 Å². The smallest absolute Gasteiger partial charge is 0.331 e. The molecule has 1 N–H and O–H groups in total. The number of esters is 1. The number of anilines is 1. The second-order valence-electron chi connectivity index (χ2n) is 7.09. The van der Waals surface area contributed by atoms with Crippen LogP contribution >= 0.6 is 11.3 Å². The number of carbonyl (C=O) groups excluding carboxylic acids is 2. The Bertz CT molecular complexity index is 1260. The minimum Gasteiger partial charge on any atom is -0.493 e. The molecule has 0 radical (unpaired) electrons. The Labute approximate surface area is 205 Å². The maximum absolute atomic E-state index is 12.4. The van der Waals surface area contributed by atoms with Gasteiger partial charge in [0.05, 0.1) is 24.3 Å². The number of nitrogens with zero attached hydrogens (tertiary/aromatic N) is 2. The quantitative estimate of drug-likeness (QED) is 0.184. The fourth-order valence-corrected chi connectivity index (χ4v) is 3.67. The number of non-ortho nitro benzene ring substituents is 1. The zero-order chi connectivity index (χ0) is 25.4. The van der Waals surface area contributed by atoms with E-state index in [1.165, 1.54) is 38.3 Å². The Hall–Kier alpha value is -4.25. The largest absolute Gasteiger partial charge is 0.493 e. The number of amides is 1. The van der Waals surface area contributed by atoms with Crippen LogP contribution in [0.25, 0.3) is 17.3 Å².